The minimum absolute atomic E-state index is 0.0412. The van der Waals surface area contributed by atoms with E-state index >= 15 is 0 Å². The second-order valence-corrected chi connectivity index (χ2v) is 21.6. The number of halogens is 2. The van der Waals surface area contributed by atoms with E-state index in [1.54, 1.807) is 14.1 Å². The fourth-order valence-corrected chi connectivity index (χ4v) is 10.2. The molecule has 4 aromatic rings. The number of benzene rings is 1. The molecule has 5 rings (SSSR count). The lowest BCUT2D eigenvalue weighted by Gasteiger charge is -2.15. The maximum Gasteiger partial charge on any atom is 0.335 e. The monoisotopic (exact) mass is 1020 g/mol. The van der Waals surface area contributed by atoms with Gasteiger partial charge >= 0.3 is 22.8 Å². The standard InChI is InChI=1S/C15H15ClFN3O3S2.C14H17N5O7S2.C5H12NO4P/c1-23-13(21)8-24-12-7-11(10(17)6-9(12)16)18-14-19-4-2-3-5-20(19)15(22)25-14;1-4-27(21,22)9-6-5-7-15-12(9)28(23,24)19-14(20)18-13-16-10(25-2)8-11(17-13)26-3;1-11(9,10)3-2-4(6)5(7)8/h6-7H,2-5,8H2,1H3;5-8H,4H2,1-3H3,(H2,16,17,18,19,20);4H,2-3,6H2,1H3,(H,7,8)(H,9,10). The molecule has 2 amide bonds. The van der Waals surface area contributed by atoms with Gasteiger partial charge in [-0.05, 0) is 54.9 Å². The van der Waals surface area contributed by atoms with E-state index < -0.39 is 67.0 Å². The summed E-state index contributed by atoms with van der Waals surface area (Å²) in [5.41, 5.74) is 5.17. The number of pyridine rings is 1. The molecular weight excluding hydrogens is 972 g/mol. The number of anilines is 1. The molecule has 0 radical (unpaired) electrons. The zero-order valence-electron chi connectivity index (χ0n) is 34.6. The van der Waals surface area contributed by atoms with Gasteiger partial charge in [-0.1, -0.05) is 18.5 Å². The second-order valence-electron chi connectivity index (χ2n) is 12.9. The van der Waals surface area contributed by atoms with Crippen molar-refractivity contribution in [2.24, 2.45) is 10.7 Å². The van der Waals surface area contributed by atoms with Crippen molar-refractivity contribution in [3.63, 3.8) is 0 Å². The van der Waals surface area contributed by atoms with Gasteiger partial charge in [0.2, 0.25) is 22.5 Å². The van der Waals surface area contributed by atoms with Gasteiger partial charge in [-0.2, -0.15) is 18.4 Å². The number of sulfonamides is 1. The Morgan fingerprint density at radius 2 is 1.72 bits per heavy atom. The second kappa shape index (κ2) is 23.8. The van der Waals surface area contributed by atoms with Crippen LogP contribution < -0.4 is 34.9 Å². The molecule has 64 heavy (non-hydrogen) atoms. The van der Waals surface area contributed by atoms with Crippen LogP contribution in [0.25, 0.3) is 0 Å². The summed E-state index contributed by atoms with van der Waals surface area (Å²) in [7, 11) is -7.65. The smallest absolute Gasteiger partial charge is 0.335 e. The van der Waals surface area contributed by atoms with E-state index in [9.17, 15) is 45.0 Å². The number of aliphatic carboxylic acids is 1. The summed E-state index contributed by atoms with van der Waals surface area (Å²) < 4.78 is 93.6. The van der Waals surface area contributed by atoms with Gasteiger partial charge < -0.3 is 29.9 Å². The van der Waals surface area contributed by atoms with Crippen molar-refractivity contribution < 1.29 is 64.4 Å². The lowest BCUT2D eigenvalue weighted by molar-refractivity contribution is -0.139. The van der Waals surface area contributed by atoms with E-state index in [-0.39, 0.29) is 57.4 Å². The summed E-state index contributed by atoms with van der Waals surface area (Å²) in [6.45, 7) is 3.86. The van der Waals surface area contributed by atoms with Gasteiger partial charge in [-0.15, -0.1) is 11.8 Å². The van der Waals surface area contributed by atoms with Crippen LogP contribution in [0.1, 0.15) is 26.2 Å². The number of esters is 1. The predicted molar refractivity (Wildman–Crippen MR) is 232 cm³/mol. The molecule has 1 aliphatic heterocycles. The quantitative estimate of drug-likeness (QED) is 0.0649. The van der Waals surface area contributed by atoms with Crippen molar-refractivity contribution in [2.45, 2.75) is 60.1 Å². The number of methoxy groups -OCH3 is 3. The zero-order chi connectivity index (χ0) is 48.0. The number of nitrogens with one attached hydrogen (secondary N) is 2. The van der Waals surface area contributed by atoms with Gasteiger partial charge in [0.05, 0.1) is 43.9 Å². The molecule has 23 nitrogen and oxygen atoms in total. The number of carboxylic acid groups (broad SMARTS) is 1. The van der Waals surface area contributed by atoms with E-state index in [0.29, 0.717) is 22.8 Å². The first-order valence-corrected chi connectivity index (χ1v) is 25.9. The number of urea groups is 1. The molecule has 3 aromatic heterocycles. The summed E-state index contributed by atoms with van der Waals surface area (Å²) in [6, 6.07) is 4.09. The highest BCUT2D eigenvalue weighted by molar-refractivity contribution is 8.00. The van der Waals surface area contributed by atoms with E-state index in [1.165, 1.54) is 53.1 Å². The maximum absolute atomic E-state index is 14.3. The number of carbonyl (C=O) groups is 3. The molecule has 0 aliphatic carbocycles. The van der Waals surface area contributed by atoms with Crippen molar-refractivity contribution in [1.82, 2.24) is 29.0 Å². The third-order valence-corrected chi connectivity index (χ3v) is 14.7. The van der Waals surface area contributed by atoms with Crippen molar-refractivity contribution in [1.29, 1.82) is 0 Å². The number of carboxylic acids is 1. The average molecular weight is 1020 g/mol. The Morgan fingerprint density at radius 3 is 2.28 bits per heavy atom. The lowest BCUT2D eigenvalue weighted by Crippen LogP contribution is -2.36. The molecule has 1 aliphatic rings. The molecule has 30 heteroatoms. The van der Waals surface area contributed by atoms with E-state index in [1.807, 2.05) is 0 Å². The van der Waals surface area contributed by atoms with Crippen LogP contribution in [0.3, 0.4) is 0 Å². The SMILES string of the molecule is CCS(=O)(=O)c1cccnc1S(=O)(=O)NC(=O)Nc1nc(OC)cc(OC)n1.COC(=O)CSc1cc(N=c2sc(=O)n3n2CCCC3)c(F)cc1Cl.CP(=O)(O)CCC(N)C(=O)O. The molecule has 2 atom stereocenters. The zero-order valence-corrected chi connectivity index (χ0v) is 39.5. The molecule has 1 aromatic carbocycles. The molecule has 6 N–H and O–H groups in total. The molecule has 0 spiro atoms. The van der Waals surface area contributed by atoms with Crippen LogP contribution >= 0.6 is 42.1 Å². The Bertz CT molecular complexity index is 2710. The number of amides is 2. The van der Waals surface area contributed by atoms with Crippen molar-refractivity contribution in [2.75, 3.05) is 51.0 Å². The minimum atomic E-state index is -4.61. The number of thioether (sulfide) groups is 1. The number of sulfone groups is 1. The number of fused-ring (bicyclic) bond motifs is 1. The van der Waals surface area contributed by atoms with E-state index in [4.69, 9.17) is 36.8 Å². The van der Waals surface area contributed by atoms with E-state index in [2.05, 4.69) is 30.0 Å². The molecule has 0 saturated carbocycles. The van der Waals surface area contributed by atoms with Gasteiger partial charge in [0.15, 0.2) is 22.2 Å². The molecular formula is C34H44ClFN9O14PS4. The van der Waals surface area contributed by atoms with Gasteiger partial charge in [-0.25, -0.2) is 37.0 Å². The van der Waals surface area contributed by atoms with E-state index in [0.717, 1.165) is 54.3 Å². The van der Waals surface area contributed by atoms with Crippen LogP contribution in [0, 0.1) is 5.82 Å². The number of ether oxygens (including phenoxy) is 3. The number of carbonyl (C=O) groups excluding carboxylic acids is 2. The Morgan fingerprint density at radius 1 is 1.09 bits per heavy atom. The van der Waals surface area contributed by atoms with Crippen LogP contribution in [0.2, 0.25) is 5.02 Å². The number of hydrogen-bond acceptors (Lipinski definition) is 19. The van der Waals surface area contributed by atoms with Crippen molar-refractivity contribution in [3.8, 4) is 11.8 Å². The third kappa shape index (κ3) is 15.9. The number of rotatable bonds is 15. The minimum Gasteiger partial charge on any atom is -0.481 e. The predicted octanol–water partition coefficient (Wildman–Crippen LogP) is 2.68. The Hall–Kier alpha value is -4.96. The van der Waals surface area contributed by atoms with Crippen LogP contribution in [0.5, 0.6) is 11.8 Å². The van der Waals surface area contributed by atoms with Gasteiger partial charge in [-0.3, -0.25) is 28.9 Å². The molecule has 0 saturated heterocycles. The molecule has 0 bridgehead atoms. The first-order valence-electron chi connectivity index (χ1n) is 18.3. The molecule has 2 unspecified atom stereocenters. The topological polar surface area (TPSA) is 333 Å². The first kappa shape index (κ1) is 53.4. The maximum atomic E-state index is 14.3. The molecule has 0 fully saturated rings. The van der Waals surface area contributed by atoms with Crippen molar-refractivity contribution >= 4 is 91.5 Å². The summed E-state index contributed by atoms with van der Waals surface area (Å²) in [4.78, 5) is 70.2. The highest BCUT2D eigenvalue weighted by atomic mass is 35.5. The Balaban J connectivity index is 0.000000278. The van der Waals surface area contributed by atoms with Crippen LogP contribution in [0.15, 0.2) is 61.1 Å². The highest BCUT2D eigenvalue weighted by Crippen LogP contribution is 2.36. The largest absolute Gasteiger partial charge is 0.481 e. The van der Waals surface area contributed by atoms with Gasteiger partial charge in [0, 0.05) is 37.0 Å². The summed E-state index contributed by atoms with van der Waals surface area (Å²) in [6.07, 6.45) is 2.99. The number of nitrogens with two attached hydrogens (primary N) is 1. The average Bonchev–Trinajstić information content (AvgIpc) is 3.56. The summed E-state index contributed by atoms with van der Waals surface area (Å²) in [5.74, 6) is -2.58. The van der Waals surface area contributed by atoms with Gasteiger partial charge in [0.1, 0.15) is 22.4 Å². The number of aromatic nitrogens is 5. The van der Waals surface area contributed by atoms with Crippen molar-refractivity contribution in [3.05, 3.63) is 61.8 Å². The fourth-order valence-electron chi connectivity index (χ4n) is 4.87. The third-order valence-electron chi connectivity index (χ3n) is 8.11. The Kier molecular flexibility index (Phi) is 19.9. The Labute approximate surface area is 378 Å². The molecule has 352 valence electrons. The summed E-state index contributed by atoms with van der Waals surface area (Å²) >= 11 is 8.17. The van der Waals surface area contributed by atoms with Crippen LogP contribution in [0.4, 0.5) is 20.8 Å². The summed E-state index contributed by atoms with van der Waals surface area (Å²) in [5, 5.41) is 9.79. The number of hydrogen-bond donors (Lipinski definition) is 5. The van der Waals surface area contributed by atoms with Crippen LogP contribution in [-0.2, 0) is 51.8 Å². The lowest BCUT2D eigenvalue weighted by atomic mass is 10.2. The molecule has 4 heterocycles. The van der Waals surface area contributed by atoms with Gasteiger partial charge in [0.25, 0.3) is 10.0 Å². The van der Waals surface area contributed by atoms with Crippen LogP contribution in [-0.4, -0.2) is 121 Å². The first-order chi connectivity index (χ1) is 29.9. The fraction of sp³-hybridized carbons (Fsp3) is 0.412. The highest BCUT2D eigenvalue weighted by Gasteiger charge is 2.29. The number of nitrogens with zero attached hydrogens (tertiary/aromatic N) is 6. The normalized spacial score (nSPS) is 13.9.